The van der Waals surface area contributed by atoms with Crippen molar-refractivity contribution in [2.45, 2.75) is 18.8 Å². The summed E-state index contributed by atoms with van der Waals surface area (Å²) in [6, 6.07) is 17.9. The maximum absolute atomic E-state index is 10.3. The van der Waals surface area contributed by atoms with Crippen LogP contribution in [0.4, 0.5) is 0 Å². The molecule has 2 heterocycles. The fourth-order valence-electron chi connectivity index (χ4n) is 4.72. The van der Waals surface area contributed by atoms with Gasteiger partial charge in [0, 0.05) is 10.6 Å². The molecule has 1 N–H and O–H groups in total. The highest BCUT2D eigenvalue weighted by molar-refractivity contribution is 9.10. The highest BCUT2D eigenvalue weighted by atomic mass is 79.9. The lowest BCUT2D eigenvalue weighted by atomic mass is 9.53. The molecule has 160 valence electrons. The molecule has 2 saturated heterocycles. The van der Waals surface area contributed by atoms with Crippen molar-refractivity contribution in [3.05, 3.63) is 63.1 Å². The Labute approximate surface area is 198 Å². The molecule has 7 nitrogen and oxygen atoms in total. The predicted molar refractivity (Wildman–Crippen MR) is 117 cm³/mol. The number of ether oxygens (including phenoxy) is 3. The molecule has 9 heteroatoms. The first kappa shape index (κ1) is 22.1. The van der Waals surface area contributed by atoms with Gasteiger partial charge in [-0.05, 0) is 45.8 Å². The van der Waals surface area contributed by atoms with Gasteiger partial charge in [-0.25, -0.2) is 0 Å². The first-order chi connectivity index (χ1) is 15.3. The summed E-state index contributed by atoms with van der Waals surface area (Å²) >= 11 is 9.63. The Hall–Kier alpha value is -3.09. The summed E-state index contributed by atoms with van der Waals surface area (Å²) in [6.07, 6.45) is -1.21. The van der Waals surface area contributed by atoms with E-state index in [0.717, 1.165) is 0 Å². The molecular weight excluding hydrogens is 496 g/mol. The van der Waals surface area contributed by atoms with E-state index in [1.165, 1.54) is 7.11 Å². The molecule has 2 fully saturated rings. The van der Waals surface area contributed by atoms with Crippen molar-refractivity contribution in [1.29, 1.82) is 21.2 Å². The zero-order chi connectivity index (χ0) is 23.3. The number of benzene rings is 2. The normalized spacial score (nSPS) is 29.8. The van der Waals surface area contributed by atoms with Gasteiger partial charge in [-0.1, -0.05) is 36.7 Å². The highest BCUT2D eigenvalue weighted by Gasteiger charge is 2.79. The van der Waals surface area contributed by atoms with Crippen LogP contribution in [-0.4, -0.2) is 13.0 Å². The van der Waals surface area contributed by atoms with Crippen LogP contribution >= 0.6 is 27.5 Å². The van der Waals surface area contributed by atoms with E-state index in [4.69, 9.17) is 31.2 Å². The Morgan fingerprint density at radius 1 is 1.12 bits per heavy atom. The number of nitriles is 3. The van der Waals surface area contributed by atoms with Gasteiger partial charge in [0.1, 0.15) is 11.9 Å². The van der Waals surface area contributed by atoms with E-state index < -0.39 is 34.5 Å². The molecule has 0 radical (unpaired) electrons. The van der Waals surface area contributed by atoms with Crippen LogP contribution in [0.2, 0.25) is 5.02 Å². The van der Waals surface area contributed by atoms with Gasteiger partial charge >= 0.3 is 0 Å². The molecule has 2 aromatic carbocycles. The third-order valence-corrected chi connectivity index (χ3v) is 7.23. The molecule has 4 rings (SSSR count). The molecule has 4 atom stereocenters. The Balaban J connectivity index is 2.04. The molecule has 2 bridgehead atoms. The summed E-state index contributed by atoms with van der Waals surface area (Å²) in [5.41, 5.74) is -2.99. The van der Waals surface area contributed by atoms with Gasteiger partial charge in [0.25, 0.3) is 0 Å². The van der Waals surface area contributed by atoms with E-state index in [-0.39, 0.29) is 0 Å². The van der Waals surface area contributed by atoms with Crippen LogP contribution in [0.15, 0.2) is 46.9 Å². The molecule has 2 aromatic rings. The average Bonchev–Trinajstić information content (AvgIpc) is 2.95. The van der Waals surface area contributed by atoms with Crippen molar-refractivity contribution >= 4 is 33.4 Å². The summed E-state index contributed by atoms with van der Waals surface area (Å²) < 4.78 is 18.3. The summed E-state index contributed by atoms with van der Waals surface area (Å²) in [6.45, 7) is 1.65. The van der Waals surface area contributed by atoms with Crippen molar-refractivity contribution in [2.75, 3.05) is 7.11 Å². The van der Waals surface area contributed by atoms with E-state index in [1.807, 2.05) is 12.1 Å². The maximum atomic E-state index is 10.3. The van der Waals surface area contributed by atoms with E-state index in [1.54, 1.807) is 49.4 Å². The summed E-state index contributed by atoms with van der Waals surface area (Å²) in [4.78, 5) is 0. The van der Waals surface area contributed by atoms with Gasteiger partial charge in [-0.3, -0.25) is 5.41 Å². The molecule has 4 unspecified atom stereocenters. The van der Waals surface area contributed by atoms with Crippen LogP contribution in [-0.2, 0) is 15.3 Å². The average molecular weight is 512 g/mol. The van der Waals surface area contributed by atoms with Crippen LogP contribution in [0.3, 0.4) is 0 Å². The number of rotatable bonds is 3. The smallest absolute Gasteiger partial charge is 0.244 e. The Bertz CT molecular complexity index is 1250. The minimum absolute atomic E-state index is 0.415. The monoisotopic (exact) mass is 510 g/mol. The molecule has 0 saturated carbocycles. The maximum Gasteiger partial charge on any atom is 0.244 e. The Kier molecular flexibility index (Phi) is 5.18. The number of nitrogens with zero attached hydrogens (tertiary/aromatic N) is 3. The van der Waals surface area contributed by atoms with Crippen LogP contribution < -0.4 is 4.74 Å². The van der Waals surface area contributed by atoms with Crippen molar-refractivity contribution < 1.29 is 14.2 Å². The van der Waals surface area contributed by atoms with E-state index in [0.29, 0.717) is 26.4 Å². The topological polar surface area (TPSA) is 123 Å². The van der Waals surface area contributed by atoms with Crippen LogP contribution in [0.5, 0.6) is 5.75 Å². The van der Waals surface area contributed by atoms with Gasteiger partial charge in [-0.2, -0.15) is 15.8 Å². The van der Waals surface area contributed by atoms with Crippen LogP contribution in [0.25, 0.3) is 0 Å². The molecule has 32 heavy (non-hydrogen) atoms. The molecule has 0 spiro atoms. The third-order valence-electron chi connectivity index (χ3n) is 6.37. The van der Waals surface area contributed by atoms with Gasteiger partial charge in [0.2, 0.25) is 17.1 Å². The largest absolute Gasteiger partial charge is 0.496 e. The fourth-order valence-corrected chi connectivity index (χ4v) is 5.47. The molecule has 0 aliphatic carbocycles. The molecule has 0 amide bonds. The molecule has 2 aliphatic rings. The summed E-state index contributed by atoms with van der Waals surface area (Å²) in [5, 5.41) is 39.9. The van der Waals surface area contributed by atoms with Gasteiger partial charge in [0.15, 0.2) is 5.41 Å². The lowest BCUT2D eigenvalue weighted by molar-refractivity contribution is -0.288. The van der Waals surface area contributed by atoms with Crippen LogP contribution in [0, 0.1) is 56.2 Å². The molecule has 2 aliphatic heterocycles. The zero-order valence-electron chi connectivity index (χ0n) is 17.0. The van der Waals surface area contributed by atoms with Gasteiger partial charge < -0.3 is 14.2 Å². The number of fused-ring (bicyclic) bond motifs is 2. The number of hydrogen-bond donors (Lipinski definition) is 1. The Morgan fingerprint density at radius 2 is 1.84 bits per heavy atom. The fraction of sp³-hybridized carbons (Fsp3) is 0.304. The lowest BCUT2D eigenvalue weighted by Crippen LogP contribution is -2.57. The van der Waals surface area contributed by atoms with Crippen molar-refractivity contribution in [1.82, 2.24) is 0 Å². The van der Waals surface area contributed by atoms with E-state index in [2.05, 4.69) is 22.0 Å². The van der Waals surface area contributed by atoms with Gasteiger partial charge in [0.05, 0.1) is 35.7 Å². The SMILES string of the molecule is COc1ccc(C2OC3(c4cccc(Cl)c4)OC(=N)C(C#N)(C3C)C2(C#N)C#N)cc1Br. The number of hydrogen-bond acceptors (Lipinski definition) is 7. The quantitative estimate of drug-likeness (QED) is 0.602. The predicted octanol–water partition coefficient (Wildman–Crippen LogP) is 5.22. The van der Waals surface area contributed by atoms with Crippen molar-refractivity contribution in [2.24, 2.45) is 16.7 Å². The second-order valence-electron chi connectivity index (χ2n) is 7.67. The third kappa shape index (κ3) is 2.57. The van der Waals surface area contributed by atoms with E-state index >= 15 is 0 Å². The standard InChI is InChI=1S/C23H16BrClN4O3/c1-13-22(12-28)20(29)32-23(13,15-4-3-5-16(25)9-15)31-19(21(22,10-26)11-27)14-6-7-18(30-2)17(24)8-14/h3-9,13,19,29H,1-2H3. The van der Waals surface area contributed by atoms with Crippen LogP contribution in [0.1, 0.15) is 24.2 Å². The number of methoxy groups -OCH3 is 1. The Morgan fingerprint density at radius 3 is 2.41 bits per heavy atom. The number of halogens is 2. The minimum atomic E-state index is -2.05. The highest BCUT2D eigenvalue weighted by Crippen LogP contribution is 2.69. The summed E-state index contributed by atoms with van der Waals surface area (Å²) in [7, 11) is 1.52. The summed E-state index contributed by atoms with van der Waals surface area (Å²) in [5.74, 6) is -2.38. The molecular formula is C23H16BrClN4O3. The molecule has 0 aromatic heterocycles. The van der Waals surface area contributed by atoms with E-state index in [9.17, 15) is 15.8 Å². The van der Waals surface area contributed by atoms with Gasteiger partial charge in [-0.15, -0.1) is 0 Å². The zero-order valence-corrected chi connectivity index (χ0v) is 19.4. The van der Waals surface area contributed by atoms with Crippen molar-refractivity contribution in [3.63, 3.8) is 0 Å². The minimum Gasteiger partial charge on any atom is -0.496 e. The second-order valence-corrected chi connectivity index (χ2v) is 8.96. The lowest BCUT2D eigenvalue weighted by Gasteiger charge is -2.48. The second kappa shape index (κ2) is 7.50. The first-order valence-corrected chi connectivity index (χ1v) is 10.7. The van der Waals surface area contributed by atoms with Crippen molar-refractivity contribution in [3.8, 4) is 24.0 Å². The number of nitrogens with one attached hydrogen (secondary N) is 1. The first-order valence-electron chi connectivity index (χ1n) is 9.55.